The van der Waals surface area contributed by atoms with Crippen molar-refractivity contribution >= 4 is 35.1 Å². The molecule has 40 heavy (non-hydrogen) atoms. The van der Waals surface area contributed by atoms with Crippen molar-refractivity contribution in [2.24, 2.45) is 4.99 Å². The van der Waals surface area contributed by atoms with Gasteiger partial charge in [-0.1, -0.05) is 16.8 Å². The Labute approximate surface area is 225 Å². The Morgan fingerprint density at radius 3 is 2.02 bits per heavy atom. The first kappa shape index (κ1) is 34.5. The van der Waals surface area contributed by atoms with E-state index in [1.165, 1.54) is 18.2 Å². The average Bonchev–Trinajstić information content (AvgIpc) is 3.32. The number of carboxylic acid groups (broad SMARTS) is 2. The van der Waals surface area contributed by atoms with E-state index >= 15 is 0 Å². The summed E-state index contributed by atoms with van der Waals surface area (Å²) in [7, 11) is 2.11. The lowest BCUT2D eigenvalue weighted by atomic mass is 10.2. The molecule has 3 rings (SSSR count). The van der Waals surface area contributed by atoms with Crippen LogP contribution in [0, 0.1) is 5.82 Å². The fourth-order valence-electron chi connectivity index (χ4n) is 2.70. The third-order valence-electron chi connectivity index (χ3n) is 4.78. The monoisotopic (exact) mass is 610 g/mol. The Morgan fingerprint density at radius 2 is 1.57 bits per heavy atom. The number of hydrogen-bond acceptors (Lipinski definition) is 9. The molecular formula is C20H22ClF7N6O6. The second-order valence-corrected chi connectivity index (χ2v) is 8.14. The maximum Gasteiger partial charge on any atom is 0.490 e. The molecule has 0 bridgehead atoms. The van der Waals surface area contributed by atoms with Gasteiger partial charge in [-0.15, -0.1) is 0 Å². The van der Waals surface area contributed by atoms with E-state index in [9.17, 15) is 35.9 Å². The molecule has 0 unspecified atom stereocenters. The highest BCUT2D eigenvalue weighted by Crippen LogP contribution is 2.22. The standard InChI is InChI=1S/C16H20ClFN6O2.2C2HF3O2/c1-23-6-8-24(9-7-23)5-4-14-15(22-26-21-14)16(20-25)19-11-2-3-13(18)12(17)10-11;2*3-2(4,5)1(6)7/h2-3,10,25H,4-9H2,1H3,(H,19,20);2*(H,6,7). The van der Waals surface area contributed by atoms with Crippen molar-refractivity contribution in [2.75, 3.05) is 39.8 Å². The third kappa shape index (κ3) is 12.1. The zero-order valence-electron chi connectivity index (χ0n) is 20.3. The summed E-state index contributed by atoms with van der Waals surface area (Å²) >= 11 is 5.76. The van der Waals surface area contributed by atoms with Gasteiger partial charge < -0.3 is 20.0 Å². The van der Waals surface area contributed by atoms with Gasteiger partial charge in [-0.2, -0.15) is 26.3 Å². The van der Waals surface area contributed by atoms with Crippen LogP contribution in [-0.4, -0.2) is 105 Å². The van der Waals surface area contributed by atoms with Crippen molar-refractivity contribution in [2.45, 2.75) is 18.8 Å². The van der Waals surface area contributed by atoms with Crippen LogP contribution in [0.1, 0.15) is 11.4 Å². The molecule has 12 nitrogen and oxygen atoms in total. The summed E-state index contributed by atoms with van der Waals surface area (Å²) in [5.74, 6) is -6.00. The number of aromatic nitrogens is 2. The van der Waals surface area contributed by atoms with Crippen LogP contribution in [0.4, 0.5) is 36.4 Å². The molecule has 0 spiro atoms. The van der Waals surface area contributed by atoms with E-state index < -0.39 is 30.1 Å². The number of halogens is 8. The zero-order valence-corrected chi connectivity index (χ0v) is 21.1. The first-order valence-corrected chi connectivity index (χ1v) is 11.1. The molecule has 0 atom stereocenters. The molecule has 1 aliphatic rings. The summed E-state index contributed by atoms with van der Waals surface area (Å²) in [6.07, 6.45) is -9.56. The molecular weight excluding hydrogens is 589 g/mol. The van der Waals surface area contributed by atoms with Crippen molar-refractivity contribution in [3.63, 3.8) is 0 Å². The molecule has 0 aliphatic carbocycles. The fourth-order valence-corrected chi connectivity index (χ4v) is 2.88. The fraction of sp³-hybridized carbons (Fsp3) is 0.450. The van der Waals surface area contributed by atoms with Crippen molar-refractivity contribution in [1.82, 2.24) is 25.6 Å². The number of benzene rings is 1. The highest BCUT2D eigenvalue weighted by atomic mass is 35.5. The topological polar surface area (TPSA) is 165 Å². The van der Waals surface area contributed by atoms with E-state index in [1.807, 2.05) is 5.48 Å². The number of hydroxylamine groups is 1. The first-order chi connectivity index (χ1) is 18.4. The Morgan fingerprint density at radius 1 is 1.05 bits per heavy atom. The van der Waals surface area contributed by atoms with Gasteiger partial charge in [0.2, 0.25) is 0 Å². The number of aliphatic imine (C=N–C) groups is 1. The molecule has 20 heteroatoms. The highest BCUT2D eigenvalue weighted by Gasteiger charge is 2.38. The van der Waals surface area contributed by atoms with Gasteiger partial charge >= 0.3 is 24.3 Å². The van der Waals surface area contributed by atoms with E-state index in [-0.39, 0.29) is 10.9 Å². The van der Waals surface area contributed by atoms with Gasteiger partial charge in [0.1, 0.15) is 11.5 Å². The predicted octanol–water partition coefficient (Wildman–Crippen LogP) is 2.98. The Balaban J connectivity index is 0.000000473. The molecule has 0 amide bonds. The van der Waals surface area contributed by atoms with Crippen molar-refractivity contribution < 1.29 is 60.4 Å². The minimum Gasteiger partial charge on any atom is -0.475 e. The number of aliphatic carboxylic acids is 2. The second kappa shape index (κ2) is 15.3. The van der Waals surface area contributed by atoms with Crippen LogP contribution in [-0.2, 0) is 16.0 Å². The minimum atomic E-state index is -5.08. The number of carbonyl (C=O) groups is 2. The predicted molar refractivity (Wildman–Crippen MR) is 122 cm³/mol. The number of rotatable bonds is 5. The lowest BCUT2D eigenvalue weighted by Gasteiger charge is -2.32. The maximum absolute atomic E-state index is 13.3. The molecule has 2 heterocycles. The third-order valence-corrected chi connectivity index (χ3v) is 5.07. The highest BCUT2D eigenvalue weighted by molar-refractivity contribution is 6.31. The van der Waals surface area contributed by atoms with Crippen molar-refractivity contribution in [1.29, 1.82) is 0 Å². The number of nitrogens with one attached hydrogen (secondary N) is 1. The van der Waals surface area contributed by atoms with Gasteiger partial charge in [0.15, 0.2) is 11.5 Å². The molecule has 1 aromatic heterocycles. The largest absolute Gasteiger partial charge is 0.490 e. The summed E-state index contributed by atoms with van der Waals surface area (Å²) in [6, 6.07) is 3.99. The number of hydrogen-bond donors (Lipinski definition) is 4. The van der Waals surface area contributed by atoms with Crippen molar-refractivity contribution in [3.05, 3.63) is 40.4 Å². The lowest BCUT2D eigenvalue weighted by molar-refractivity contribution is -0.193. The van der Waals surface area contributed by atoms with E-state index in [2.05, 4.69) is 32.2 Å². The molecule has 4 N–H and O–H groups in total. The summed E-state index contributed by atoms with van der Waals surface area (Å²) in [5.41, 5.74) is 3.25. The van der Waals surface area contributed by atoms with E-state index in [0.717, 1.165) is 32.7 Å². The number of likely N-dealkylation sites (N-methyl/N-ethyl adjacent to an activating group) is 1. The molecule has 1 aromatic carbocycles. The van der Waals surface area contributed by atoms with Gasteiger partial charge in [0.05, 0.1) is 10.7 Å². The molecule has 2 aromatic rings. The van der Waals surface area contributed by atoms with Crippen molar-refractivity contribution in [3.8, 4) is 0 Å². The van der Waals surface area contributed by atoms with Gasteiger partial charge in [0.25, 0.3) is 0 Å². The number of alkyl halides is 6. The van der Waals surface area contributed by atoms with E-state index in [4.69, 9.17) is 36.0 Å². The maximum atomic E-state index is 13.3. The summed E-state index contributed by atoms with van der Waals surface area (Å²) < 4.78 is 81.6. The van der Waals surface area contributed by atoms with Crippen LogP contribution in [0.2, 0.25) is 5.02 Å². The summed E-state index contributed by atoms with van der Waals surface area (Å²) in [6.45, 7) is 4.84. The minimum absolute atomic E-state index is 0.0577. The Hall–Kier alpha value is -3.55. The molecule has 224 valence electrons. The normalized spacial score (nSPS) is 14.9. The second-order valence-electron chi connectivity index (χ2n) is 7.73. The summed E-state index contributed by atoms with van der Waals surface area (Å²) in [5, 5.41) is 31.4. The molecule has 0 radical (unpaired) electrons. The summed E-state index contributed by atoms with van der Waals surface area (Å²) in [4.78, 5) is 26.6. The van der Waals surface area contributed by atoms with Gasteiger partial charge in [0, 0.05) is 39.1 Å². The smallest absolute Gasteiger partial charge is 0.475 e. The van der Waals surface area contributed by atoms with Gasteiger partial charge in [-0.3, -0.25) is 10.7 Å². The average molecular weight is 611 g/mol. The molecule has 1 saturated heterocycles. The van der Waals surface area contributed by atoms with Crippen LogP contribution in [0.25, 0.3) is 0 Å². The van der Waals surface area contributed by atoms with Crippen LogP contribution in [0.5, 0.6) is 0 Å². The van der Waals surface area contributed by atoms with Crippen LogP contribution in [0.3, 0.4) is 0 Å². The van der Waals surface area contributed by atoms with Crippen LogP contribution < -0.4 is 5.48 Å². The number of carboxylic acids is 2. The zero-order chi connectivity index (χ0) is 30.7. The van der Waals surface area contributed by atoms with E-state index in [1.54, 1.807) is 0 Å². The van der Waals surface area contributed by atoms with Crippen LogP contribution in [0.15, 0.2) is 27.8 Å². The lowest BCUT2D eigenvalue weighted by Crippen LogP contribution is -2.45. The van der Waals surface area contributed by atoms with Gasteiger partial charge in [-0.05, 0) is 30.4 Å². The van der Waals surface area contributed by atoms with Gasteiger partial charge in [-0.25, -0.2) is 23.6 Å². The number of piperazine rings is 1. The molecule has 1 fully saturated rings. The Bertz CT molecular complexity index is 1130. The first-order valence-electron chi connectivity index (χ1n) is 10.7. The quantitative estimate of drug-likeness (QED) is 0.170. The molecule has 0 saturated carbocycles. The SMILES string of the molecule is CN1CCN(CCc2nonc2C(=Nc2ccc(F)c(Cl)c2)NO)CC1.O=C(O)C(F)(F)F.O=C(O)C(F)(F)F. The van der Waals surface area contributed by atoms with E-state index in [0.29, 0.717) is 23.5 Å². The Kier molecular flexibility index (Phi) is 13.2. The van der Waals surface area contributed by atoms with Crippen LogP contribution >= 0.6 is 11.6 Å². The molecule has 1 aliphatic heterocycles. The number of nitrogens with zero attached hydrogens (tertiary/aromatic N) is 5. The number of amidine groups is 1.